The van der Waals surface area contributed by atoms with Crippen molar-refractivity contribution < 1.29 is 4.79 Å². The molecule has 2 rings (SSSR count). The van der Waals surface area contributed by atoms with E-state index in [0.29, 0.717) is 16.5 Å². The van der Waals surface area contributed by atoms with Gasteiger partial charge in [-0.25, -0.2) is 0 Å². The number of amides is 1. The molecule has 1 aromatic rings. The lowest BCUT2D eigenvalue weighted by Crippen LogP contribution is -2.40. The van der Waals surface area contributed by atoms with Gasteiger partial charge in [-0.1, -0.05) is 30.1 Å². The van der Waals surface area contributed by atoms with Crippen molar-refractivity contribution in [2.24, 2.45) is 0 Å². The molecule has 2 nitrogen and oxygen atoms in total. The summed E-state index contributed by atoms with van der Waals surface area (Å²) in [4.78, 5) is 13.8. The molecule has 0 bridgehead atoms. The van der Waals surface area contributed by atoms with E-state index in [1.807, 2.05) is 30.9 Å². The fourth-order valence-electron chi connectivity index (χ4n) is 2.65. The van der Waals surface area contributed by atoms with Crippen molar-refractivity contribution in [2.75, 3.05) is 6.54 Å². The van der Waals surface area contributed by atoms with Gasteiger partial charge >= 0.3 is 0 Å². The van der Waals surface area contributed by atoms with Crippen LogP contribution in [0.2, 0.25) is 10.0 Å². The third kappa shape index (κ3) is 2.50. The lowest BCUT2D eigenvalue weighted by atomic mass is 10.1. The van der Waals surface area contributed by atoms with E-state index in [1.165, 1.54) is 11.1 Å². The first-order valence-electron chi connectivity index (χ1n) is 6.33. The molecule has 1 amide bonds. The summed E-state index contributed by atoms with van der Waals surface area (Å²) in [6.45, 7) is 4.68. The van der Waals surface area contributed by atoms with Crippen molar-refractivity contribution in [2.45, 2.75) is 39.2 Å². The summed E-state index contributed by atoms with van der Waals surface area (Å²) >= 11 is 12.1. The molecule has 4 heteroatoms. The van der Waals surface area contributed by atoms with Gasteiger partial charge in [0.05, 0.1) is 10.0 Å². The second-order valence-corrected chi connectivity index (χ2v) is 5.44. The maximum Gasteiger partial charge on any atom is 0.222 e. The smallest absolute Gasteiger partial charge is 0.222 e. The number of rotatable bonds is 3. The fourth-order valence-corrected chi connectivity index (χ4v) is 3.02. The van der Waals surface area contributed by atoms with E-state index >= 15 is 0 Å². The van der Waals surface area contributed by atoms with Crippen LogP contribution in [-0.4, -0.2) is 23.4 Å². The molecular formula is C14H17Cl2NO. The average Bonchev–Trinajstić information content (AvgIpc) is 2.73. The van der Waals surface area contributed by atoms with Crippen LogP contribution in [0.4, 0.5) is 0 Å². The van der Waals surface area contributed by atoms with Gasteiger partial charge in [-0.3, -0.25) is 4.79 Å². The Hall–Kier alpha value is -0.730. The van der Waals surface area contributed by atoms with Crippen LogP contribution in [-0.2, 0) is 17.6 Å². The Morgan fingerprint density at radius 3 is 2.11 bits per heavy atom. The number of hydrogen-bond acceptors (Lipinski definition) is 1. The zero-order chi connectivity index (χ0) is 13.3. The normalized spacial score (nSPS) is 14.7. The Balaban J connectivity index is 2.21. The zero-order valence-electron chi connectivity index (χ0n) is 10.7. The van der Waals surface area contributed by atoms with Gasteiger partial charge < -0.3 is 4.90 Å². The van der Waals surface area contributed by atoms with Gasteiger partial charge in [0.15, 0.2) is 0 Å². The van der Waals surface area contributed by atoms with Crippen molar-refractivity contribution in [3.05, 3.63) is 33.3 Å². The maximum absolute atomic E-state index is 11.9. The minimum Gasteiger partial charge on any atom is -0.339 e. The first kappa shape index (κ1) is 13.7. The Kier molecular flexibility index (Phi) is 4.18. The molecule has 18 heavy (non-hydrogen) atoms. The highest BCUT2D eigenvalue weighted by Crippen LogP contribution is 2.33. The van der Waals surface area contributed by atoms with E-state index in [9.17, 15) is 4.79 Å². The maximum atomic E-state index is 11.9. The number of carbonyl (C=O) groups excluding carboxylic acids is 1. The van der Waals surface area contributed by atoms with E-state index in [4.69, 9.17) is 23.2 Å². The van der Waals surface area contributed by atoms with Crippen LogP contribution in [0, 0.1) is 0 Å². The number of hydrogen-bond donors (Lipinski definition) is 0. The summed E-state index contributed by atoms with van der Waals surface area (Å²) in [6, 6.07) is 4.12. The lowest BCUT2D eigenvalue weighted by Gasteiger charge is -2.27. The fraction of sp³-hybridized carbons (Fsp3) is 0.500. The first-order chi connectivity index (χ1) is 8.56. The molecule has 98 valence electrons. The van der Waals surface area contributed by atoms with Gasteiger partial charge in [0.25, 0.3) is 0 Å². The molecule has 0 spiro atoms. The minimum atomic E-state index is 0.215. The third-order valence-corrected chi connectivity index (χ3v) is 4.28. The molecular weight excluding hydrogens is 269 g/mol. The summed E-state index contributed by atoms with van der Waals surface area (Å²) in [7, 11) is 0. The summed E-state index contributed by atoms with van der Waals surface area (Å²) < 4.78 is 0. The lowest BCUT2D eigenvalue weighted by molar-refractivity contribution is -0.132. The minimum absolute atomic E-state index is 0.215. The average molecular weight is 286 g/mol. The van der Waals surface area contributed by atoms with Crippen LogP contribution in [0.1, 0.15) is 31.4 Å². The molecule has 0 N–H and O–H groups in total. The van der Waals surface area contributed by atoms with Crippen LogP contribution < -0.4 is 0 Å². The molecule has 1 aromatic carbocycles. The predicted octanol–water partition coefficient (Wildman–Crippen LogP) is 3.72. The number of benzene rings is 1. The zero-order valence-corrected chi connectivity index (χ0v) is 12.2. The Morgan fingerprint density at radius 2 is 1.72 bits per heavy atom. The van der Waals surface area contributed by atoms with Crippen molar-refractivity contribution >= 4 is 29.1 Å². The quantitative estimate of drug-likeness (QED) is 0.829. The molecule has 0 aromatic heterocycles. The van der Waals surface area contributed by atoms with Crippen molar-refractivity contribution in [1.82, 2.24) is 4.90 Å². The van der Waals surface area contributed by atoms with Gasteiger partial charge in [-0.2, -0.15) is 0 Å². The summed E-state index contributed by atoms with van der Waals surface area (Å²) in [5, 5.41) is 1.20. The largest absolute Gasteiger partial charge is 0.339 e. The molecule has 0 atom stereocenters. The van der Waals surface area contributed by atoms with Gasteiger partial charge in [0.1, 0.15) is 0 Å². The Bertz CT molecular complexity index is 442. The van der Waals surface area contributed by atoms with Gasteiger partial charge in [-0.15, -0.1) is 0 Å². The second kappa shape index (κ2) is 5.50. The highest BCUT2D eigenvalue weighted by molar-refractivity contribution is 6.42. The van der Waals surface area contributed by atoms with Gasteiger partial charge in [-0.05, 0) is 43.0 Å². The Labute approximate surface area is 118 Å². The number of likely N-dealkylation sites (N-methyl/N-ethyl adjacent to an activating group) is 1. The molecule has 0 saturated heterocycles. The molecule has 0 aliphatic heterocycles. The summed E-state index contributed by atoms with van der Waals surface area (Å²) in [6.07, 6.45) is 2.32. The van der Waals surface area contributed by atoms with E-state index in [2.05, 4.69) is 0 Å². The van der Waals surface area contributed by atoms with Gasteiger partial charge in [0, 0.05) is 19.0 Å². The number of halogens is 2. The highest BCUT2D eigenvalue weighted by atomic mass is 35.5. The molecule has 0 heterocycles. The number of nitrogens with zero attached hydrogens (tertiary/aromatic N) is 1. The van der Waals surface area contributed by atoms with Crippen LogP contribution in [0.3, 0.4) is 0 Å². The standard InChI is InChI=1S/C14H17Cl2NO/c1-3-14(18)17(4-2)11-5-9-7-12(15)13(16)8-10(9)6-11/h7-8,11H,3-6H2,1-2H3. The Morgan fingerprint density at radius 1 is 1.22 bits per heavy atom. The molecule has 1 aliphatic rings. The van der Waals surface area contributed by atoms with Crippen LogP contribution in [0.5, 0.6) is 0 Å². The summed E-state index contributed by atoms with van der Waals surface area (Å²) in [5.74, 6) is 0.215. The number of carbonyl (C=O) groups is 1. The number of fused-ring (bicyclic) bond motifs is 1. The van der Waals surface area contributed by atoms with Crippen molar-refractivity contribution in [3.63, 3.8) is 0 Å². The topological polar surface area (TPSA) is 20.3 Å². The van der Waals surface area contributed by atoms with E-state index in [0.717, 1.165) is 19.4 Å². The first-order valence-corrected chi connectivity index (χ1v) is 7.08. The molecule has 1 aliphatic carbocycles. The van der Waals surface area contributed by atoms with Crippen molar-refractivity contribution in [1.29, 1.82) is 0 Å². The monoisotopic (exact) mass is 285 g/mol. The van der Waals surface area contributed by atoms with E-state index in [1.54, 1.807) is 0 Å². The van der Waals surface area contributed by atoms with Crippen LogP contribution in [0.25, 0.3) is 0 Å². The molecule has 0 unspecified atom stereocenters. The predicted molar refractivity (Wildman–Crippen MR) is 75.3 cm³/mol. The third-order valence-electron chi connectivity index (χ3n) is 3.56. The SMILES string of the molecule is CCC(=O)N(CC)C1Cc2cc(Cl)c(Cl)cc2C1. The van der Waals surface area contributed by atoms with E-state index < -0.39 is 0 Å². The van der Waals surface area contributed by atoms with Gasteiger partial charge in [0.2, 0.25) is 5.91 Å². The highest BCUT2D eigenvalue weighted by Gasteiger charge is 2.28. The van der Waals surface area contributed by atoms with E-state index in [-0.39, 0.29) is 11.9 Å². The molecule has 0 saturated carbocycles. The molecule has 0 radical (unpaired) electrons. The van der Waals surface area contributed by atoms with Crippen LogP contribution >= 0.6 is 23.2 Å². The van der Waals surface area contributed by atoms with Crippen LogP contribution in [0.15, 0.2) is 12.1 Å². The summed E-state index contributed by atoms with van der Waals surface area (Å²) in [5.41, 5.74) is 2.44. The molecule has 0 fully saturated rings. The van der Waals surface area contributed by atoms with Crippen molar-refractivity contribution in [3.8, 4) is 0 Å². The second-order valence-electron chi connectivity index (χ2n) is 4.63.